The van der Waals surface area contributed by atoms with Crippen LogP contribution in [0.15, 0.2) is 24.3 Å². The Hall–Kier alpha value is -1.92. The predicted octanol–water partition coefficient (Wildman–Crippen LogP) is 0.285. The fourth-order valence-electron chi connectivity index (χ4n) is 1.24. The number of carbonyl (C=O) groups is 2. The summed E-state index contributed by atoms with van der Waals surface area (Å²) >= 11 is 0. The van der Waals surface area contributed by atoms with Crippen molar-refractivity contribution >= 4 is 11.9 Å². The number of carbonyl (C=O) groups excluding carboxylic acids is 1. The topological polar surface area (TPSA) is 104 Å². The monoisotopic (exact) mass is 254 g/mol. The Morgan fingerprint density at radius 2 is 1.72 bits per heavy atom. The van der Waals surface area contributed by atoms with Gasteiger partial charge in [0.25, 0.3) is 0 Å². The van der Waals surface area contributed by atoms with Gasteiger partial charge < -0.3 is 20.1 Å². The van der Waals surface area contributed by atoms with Gasteiger partial charge >= 0.3 is 11.9 Å². The van der Waals surface area contributed by atoms with E-state index in [1.54, 1.807) is 0 Å². The molecule has 0 bridgehead atoms. The Morgan fingerprint density at radius 1 is 1.17 bits per heavy atom. The molecule has 0 aliphatic rings. The Morgan fingerprint density at radius 3 is 2.22 bits per heavy atom. The highest BCUT2D eigenvalue weighted by molar-refractivity contribution is 5.92. The molecule has 18 heavy (non-hydrogen) atoms. The fourth-order valence-corrected chi connectivity index (χ4v) is 1.24. The molecule has 6 heteroatoms. The van der Waals surface area contributed by atoms with E-state index in [0.29, 0.717) is 0 Å². The van der Waals surface area contributed by atoms with Crippen molar-refractivity contribution in [3.05, 3.63) is 35.4 Å². The summed E-state index contributed by atoms with van der Waals surface area (Å²) in [6, 6.07) is 5.26. The smallest absolute Gasteiger partial charge is 0.338 e. The maximum Gasteiger partial charge on any atom is 0.338 e. The van der Waals surface area contributed by atoms with Crippen molar-refractivity contribution in [2.24, 2.45) is 0 Å². The van der Waals surface area contributed by atoms with Crippen LogP contribution in [0.5, 0.6) is 0 Å². The summed E-state index contributed by atoms with van der Waals surface area (Å²) in [7, 11) is 0. The normalized spacial score (nSPS) is 11.9. The summed E-state index contributed by atoms with van der Waals surface area (Å²) in [4.78, 5) is 22.1. The quantitative estimate of drug-likeness (QED) is 0.630. The van der Waals surface area contributed by atoms with E-state index in [1.807, 2.05) is 0 Å². The lowest BCUT2D eigenvalue weighted by Crippen LogP contribution is -2.19. The molecule has 0 aliphatic heterocycles. The average molecular weight is 254 g/mol. The summed E-state index contributed by atoms with van der Waals surface area (Å²) in [6.45, 7) is -0.397. The standard InChI is InChI=1S/C12H14O6/c13-6-5-10(14)7-18-12(17)9-3-1-8(2-4-9)11(15)16/h1-4,10,13-14H,5-7H2,(H,15,16). The maximum absolute atomic E-state index is 11.5. The van der Waals surface area contributed by atoms with Gasteiger partial charge in [-0.15, -0.1) is 0 Å². The molecule has 0 heterocycles. The van der Waals surface area contributed by atoms with Gasteiger partial charge in [0.05, 0.1) is 17.2 Å². The van der Waals surface area contributed by atoms with Crippen molar-refractivity contribution in [2.75, 3.05) is 13.2 Å². The number of carboxylic acids is 1. The summed E-state index contributed by atoms with van der Waals surface area (Å²) in [5.74, 6) is -1.72. The van der Waals surface area contributed by atoms with Crippen molar-refractivity contribution in [2.45, 2.75) is 12.5 Å². The Balaban J connectivity index is 2.54. The van der Waals surface area contributed by atoms with Gasteiger partial charge in [-0.05, 0) is 30.7 Å². The second-order valence-corrected chi connectivity index (χ2v) is 3.65. The zero-order valence-electron chi connectivity index (χ0n) is 9.57. The summed E-state index contributed by atoms with van der Waals surface area (Å²) in [5.41, 5.74) is 0.281. The van der Waals surface area contributed by atoms with Crippen molar-refractivity contribution < 1.29 is 29.6 Å². The first kappa shape index (κ1) is 14.1. The van der Waals surface area contributed by atoms with Crippen LogP contribution in [0.3, 0.4) is 0 Å². The fraction of sp³-hybridized carbons (Fsp3) is 0.333. The van der Waals surface area contributed by atoms with Gasteiger partial charge in [-0.1, -0.05) is 0 Å². The number of aromatic carboxylic acids is 1. The van der Waals surface area contributed by atoms with Crippen LogP contribution >= 0.6 is 0 Å². The number of rotatable bonds is 6. The lowest BCUT2D eigenvalue weighted by molar-refractivity contribution is 0.0197. The third kappa shape index (κ3) is 4.15. The first-order valence-corrected chi connectivity index (χ1v) is 5.34. The van der Waals surface area contributed by atoms with Crippen LogP contribution in [0, 0.1) is 0 Å². The number of aliphatic hydroxyl groups is 2. The van der Waals surface area contributed by atoms with E-state index in [2.05, 4.69) is 0 Å². The number of benzene rings is 1. The van der Waals surface area contributed by atoms with E-state index < -0.39 is 18.0 Å². The molecular formula is C12H14O6. The molecule has 1 aromatic carbocycles. The Bertz CT molecular complexity index is 411. The highest BCUT2D eigenvalue weighted by Crippen LogP contribution is 2.06. The summed E-state index contributed by atoms with van der Waals surface area (Å²) in [5, 5.41) is 26.5. The SMILES string of the molecule is O=C(O)c1ccc(C(=O)OCC(O)CCO)cc1. The van der Waals surface area contributed by atoms with Crippen molar-refractivity contribution in [1.82, 2.24) is 0 Å². The first-order chi connectivity index (χ1) is 8.54. The molecule has 3 N–H and O–H groups in total. The number of hydrogen-bond acceptors (Lipinski definition) is 5. The summed E-state index contributed by atoms with van der Waals surface area (Å²) in [6.07, 6.45) is -0.775. The number of aliphatic hydroxyl groups excluding tert-OH is 2. The zero-order valence-corrected chi connectivity index (χ0v) is 9.57. The molecule has 0 spiro atoms. The molecule has 0 aromatic heterocycles. The zero-order chi connectivity index (χ0) is 13.5. The molecule has 0 radical (unpaired) electrons. The second-order valence-electron chi connectivity index (χ2n) is 3.65. The van der Waals surface area contributed by atoms with Crippen LogP contribution in [0.2, 0.25) is 0 Å². The molecule has 1 atom stereocenters. The Labute approximate surface area is 103 Å². The first-order valence-electron chi connectivity index (χ1n) is 5.34. The lowest BCUT2D eigenvalue weighted by atomic mass is 10.1. The van der Waals surface area contributed by atoms with Crippen molar-refractivity contribution in [1.29, 1.82) is 0 Å². The third-order valence-electron chi connectivity index (χ3n) is 2.24. The van der Waals surface area contributed by atoms with E-state index in [1.165, 1.54) is 24.3 Å². The minimum absolute atomic E-state index is 0.0758. The predicted molar refractivity (Wildman–Crippen MR) is 61.4 cm³/mol. The average Bonchev–Trinajstić information content (AvgIpc) is 2.36. The third-order valence-corrected chi connectivity index (χ3v) is 2.24. The lowest BCUT2D eigenvalue weighted by Gasteiger charge is -2.09. The molecule has 0 aliphatic carbocycles. The number of ether oxygens (including phenoxy) is 1. The maximum atomic E-state index is 11.5. The van der Waals surface area contributed by atoms with Gasteiger partial charge in [-0.2, -0.15) is 0 Å². The molecule has 0 fully saturated rings. The molecule has 1 rings (SSSR count). The van der Waals surface area contributed by atoms with Gasteiger partial charge in [0.15, 0.2) is 0 Å². The number of hydrogen-bond donors (Lipinski definition) is 3. The van der Waals surface area contributed by atoms with E-state index in [4.69, 9.17) is 14.9 Å². The van der Waals surface area contributed by atoms with Crippen LogP contribution in [0.1, 0.15) is 27.1 Å². The minimum atomic E-state index is -1.08. The van der Waals surface area contributed by atoms with Gasteiger partial charge in [0.1, 0.15) is 6.61 Å². The van der Waals surface area contributed by atoms with E-state index in [9.17, 15) is 14.7 Å². The van der Waals surface area contributed by atoms with E-state index >= 15 is 0 Å². The Kier molecular flexibility index (Phi) is 5.29. The largest absolute Gasteiger partial charge is 0.478 e. The van der Waals surface area contributed by atoms with Gasteiger partial charge in [0, 0.05) is 6.61 Å². The van der Waals surface area contributed by atoms with Gasteiger partial charge in [-0.25, -0.2) is 9.59 Å². The van der Waals surface area contributed by atoms with Crippen LogP contribution in [0.4, 0.5) is 0 Å². The number of esters is 1. The van der Waals surface area contributed by atoms with Crippen molar-refractivity contribution in [3.8, 4) is 0 Å². The van der Waals surface area contributed by atoms with E-state index in [0.717, 1.165) is 0 Å². The van der Waals surface area contributed by atoms with Crippen LogP contribution in [-0.2, 0) is 4.74 Å². The van der Waals surface area contributed by atoms with Crippen LogP contribution in [-0.4, -0.2) is 46.6 Å². The molecule has 98 valence electrons. The van der Waals surface area contributed by atoms with Crippen LogP contribution < -0.4 is 0 Å². The number of carboxylic acid groups (broad SMARTS) is 1. The highest BCUT2D eigenvalue weighted by Gasteiger charge is 2.11. The highest BCUT2D eigenvalue weighted by atomic mass is 16.5. The molecular weight excluding hydrogens is 240 g/mol. The van der Waals surface area contributed by atoms with Crippen LogP contribution in [0.25, 0.3) is 0 Å². The van der Waals surface area contributed by atoms with Crippen molar-refractivity contribution in [3.63, 3.8) is 0 Å². The molecule has 6 nitrogen and oxygen atoms in total. The molecule has 0 amide bonds. The molecule has 1 aromatic rings. The van der Waals surface area contributed by atoms with Gasteiger partial charge in [0.2, 0.25) is 0 Å². The molecule has 0 saturated heterocycles. The minimum Gasteiger partial charge on any atom is -0.478 e. The summed E-state index contributed by atoms with van der Waals surface area (Å²) < 4.78 is 4.80. The molecule has 0 saturated carbocycles. The van der Waals surface area contributed by atoms with E-state index in [-0.39, 0.29) is 30.8 Å². The van der Waals surface area contributed by atoms with Gasteiger partial charge in [-0.3, -0.25) is 0 Å². The molecule has 1 unspecified atom stereocenters. The second kappa shape index (κ2) is 6.73.